The Kier molecular flexibility index (Phi) is 5.69. The topological polar surface area (TPSA) is 115 Å². The van der Waals surface area contributed by atoms with E-state index in [1.165, 1.54) is 6.07 Å². The summed E-state index contributed by atoms with van der Waals surface area (Å²) in [7, 11) is 1.84. The Balaban J connectivity index is 1.33. The summed E-state index contributed by atoms with van der Waals surface area (Å²) in [4.78, 5) is 24.6. The van der Waals surface area contributed by atoms with Gasteiger partial charge in [-0.3, -0.25) is 9.48 Å². The van der Waals surface area contributed by atoms with E-state index >= 15 is 0 Å². The summed E-state index contributed by atoms with van der Waals surface area (Å²) in [6.45, 7) is 0.102. The number of nitrogen functional groups attached to an aromatic ring is 1. The lowest BCUT2D eigenvalue weighted by molar-refractivity contribution is -0.120. The average molecular weight is 473 g/mol. The van der Waals surface area contributed by atoms with E-state index < -0.39 is 11.6 Å². The van der Waals surface area contributed by atoms with E-state index in [1.807, 2.05) is 37.5 Å². The van der Waals surface area contributed by atoms with Crippen LogP contribution in [0.4, 0.5) is 14.6 Å². The third-order valence-electron chi connectivity index (χ3n) is 5.60. The fourth-order valence-electron chi connectivity index (χ4n) is 3.78. The van der Waals surface area contributed by atoms with Gasteiger partial charge in [-0.05, 0) is 41.5 Å². The first-order chi connectivity index (χ1) is 16.9. The van der Waals surface area contributed by atoms with Crippen molar-refractivity contribution in [2.24, 2.45) is 7.05 Å². The number of imidazole rings is 1. The Morgan fingerprint density at radius 2 is 1.89 bits per heavy atom. The van der Waals surface area contributed by atoms with Gasteiger partial charge in [0, 0.05) is 37.1 Å². The Morgan fingerprint density at radius 1 is 1.06 bits per heavy atom. The molecule has 0 aliphatic rings. The number of rotatable bonds is 6. The Morgan fingerprint density at radius 3 is 2.66 bits per heavy atom. The number of carbonyl (C=O) groups is 1. The zero-order valence-corrected chi connectivity index (χ0v) is 18.7. The van der Waals surface area contributed by atoms with Crippen molar-refractivity contribution < 1.29 is 13.6 Å². The van der Waals surface area contributed by atoms with Crippen LogP contribution in [0.25, 0.3) is 33.5 Å². The molecule has 0 aliphatic carbocycles. The first-order valence-corrected chi connectivity index (χ1v) is 10.8. The van der Waals surface area contributed by atoms with E-state index in [0.717, 1.165) is 34.3 Å². The van der Waals surface area contributed by atoms with E-state index in [4.69, 9.17) is 5.73 Å². The third kappa shape index (κ3) is 4.72. The molecule has 1 amide bonds. The van der Waals surface area contributed by atoms with Crippen LogP contribution in [0, 0.1) is 11.6 Å². The van der Waals surface area contributed by atoms with Gasteiger partial charge in [0.05, 0.1) is 29.2 Å². The minimum Gasteiger partial charge on any atom is -0.383 e. The maximum absolute atomic E-state index is 13.3. The van der Waals surface area contributed by atoms with Crippen LogP contribution in [-0.4, -0.2) is 30.6 Å². The average Bonchev–Trinajstić information content (AvgIpc) is 3.46. The number of aromatic amines is 1. The normalized spacial score (nSPS) is 11.2. The molecule has 35 heavy (non-hydrogen) atoms. The molecule has 0 unspecified atom stereocenters. The van der Waals surface area contributed by atoms with E-state index in [-0.39, 0.29) is 18.9 Å². The van der Waals surface area contributed by atoms with Crippen molar-refractivity contribution >= 4 is 22.8 Å². The molecule has 0 saturated heterocycles. The van der Waals surface area contributed by atoms with Gasteiger partial charge in [-0.25, -0.2) is 18.7 Å². The van der Waals surface area contributed by atoms with Gasteiger partial charge in [0.2, 0.25) is 5.91 Å². The molecule has 3 heterocycles. The van der Waals surface area contributed by atoms with Crippen LogP contribution in [-0.2, 0) is 24.8 Å². The zero-order valence-electron chi connectivity index (χ0n) is 18.7. The quantitative estimate of drug-likeness (QED) is 0.348. The van der Waals surface area contributed by atoms with Crippen molar-refractivity contribution in [1.29, 1.82) is 0 Å². The monoisotopic (exact) mass is 473 g/mol. The molecule has 5 aromatic rings. The molecule has 10 heteroatoms. The molecule has 4 N–H and O–H groups in total. The number of anilines is 1. The predicted molar refractivity (Wildman–Crippen MR) is 128 cm³/mol. The molecule has 0 saturated carbocycles. The van der Waals surface area contributed by atoms with Gasteiger partial charge in [-0.2, -0.15) is 5.10 Å². The fraction of sp³-hybridized carbons (Fsp3) is 0.120. The number of aromatic nitrogens is 5. The maximum atomic E-state index is 13.3. The van der Waals surface area contributed by atoms with E-state index in [1.54, 1.807) is 17.1 Å². The fourth-order valence-corrected chi connectivity index (χ4v) is 3.78. The first kappa shape index (κ1) is 22.2. The number of nitrogens with one attached hydrogen (secondary N) is 2. The molecule has 5 rings (SSSR count). The maximum Gasteiger partial charge on any atom is 0.224 e. The number of aryl methyl sites for hydroxylation is 1. The van der Waals surface area contributed by atoms with Gasteiger partial charge in [-0.1, -0.05) is 12.1 Å². The highest BCUT2D eigenvalue weighted by Crippen LogP contribution is 2.29. The highest BCUT2D eigenvalue weighted by atomic mass is 19.2. The predicted octanol–water partition coefficient (Wildman–Crippen LogP) is 3.74. The van der Waals surface area contributed by atoms with Crippen molar-refractivity contribution in [3.63, 3.8) is 0 Å². The molecule has 0 atom stereocenters. The summed E-state index contributed by atoms with van der Waals surface area (Å²) in [5.74, 6) is -1.21. The van der Waals surface area contributed by atoms with Crippen LogP contribution in [0.15, 0.2) is 61.1 Å². The van der Waals surface area contributed by atoms with Crippen molar-refractivity contribution in [3.05, 3.63) is 83.8 Å². The first-order valence-electron chi connectivity index (χ1n) is 10.8. The zero-order chi connectivity index (χ0) is 24.5. The number of H-pyrrole nitrogens is 1. The molecule has 0 fully saturated rings. The van der Waals surface area contributed by atoms with E-state index in [9.17, 15) is 13.6 Å². The van der Waals surface area contributed by atoms with Crippen LogP contribution >= 0.6 is 0 Å². The molecule has 0 spiro atoms. The van der Waals surface area contributed by atoms with Crippen molar-refractivity contribution in [1.82, 2.24) is 30.0 Å². The number of benzene rings is 2. The van der Waals surface area contributed by atoms with Gasteiger partial charge in [0.25, 0.3) is 0 Å². The Bertz CT molecular complexity index is 1560. The van der Waals surface area contributed by atoms with Gasteiger partial charge < -0.3 is 16.0 Å². The summed E-state index contributed by atoms with van der Waals surface area (Å²) in [5, 5.41) is 6.91. The van der Waals surface area contributed by atoms with E-state index in [0.29, 0.717) is 28.3 Å². The third-order valence-corrected chi connectivity index (χ3v) is 5.60. The minimum absolute atomic E-state index is 0.102. The van der Waals surface area contributed by atoms with Crippen molar-refractivity contribution in [2.45, 2.75) is 13.0 Å². The number of hydrogen-bond donors (Lipinski definition) is 3. The highest BCUT2D eigenvalue weighted by Gasteiger charge is 2.13. The standard InChI is InChI=1S/C25H21F2N7O/c1-34-13-17(12-31-34)16-9-18(24(28)30-11-16)25-32-21-5-3-14(7-22(21)33-25)8-23(35)29-10-15-2-4-19(26)20(27)6-15/h2-7,9,11-13H,8,10H2,1H3,(H2,28,30)(H,29,35)(H,32,33). The van der Waals surface area contributed by atoms with Crippen LogP contribution in [0.3, 0.4) is 0 Å². The molecule has 0 radical (unpaired) electrons. The van der Waals surface area contributed by atoms with Gasteiger partial charge in [0.15, 0.2) is 11.6 Å². The summed E-state index contributed by atoms with van der Waals surface area (Å²) >= 11 is 0. The molecule has 8 nitrogen and oxygen atoms in total. The molecule has 0 aliphatic heterocycles. The number of amides is 1. The number of fused-ring (bicyclic) bond motifs is 1. The molecule has 3 aromatic heterocycles. The second-order valence-electron chi connectivity index (χ2n) is 8.20. The smallest absolute Gasteiger partial charge is 0.224 e. The largest absolute Gasteiger partial charge is 0.383 e. The number of pyridine rings is 1. The number of nitrogens with two attached hydrogens (primary N) is 1. The van der Waals surface area contributed by atoms with Crippen LogP contribution in [0.2, 0.25) is 0 Å². The summed E-state index contributed by atoms with van der Waals surface area (Å²) in [5.41, 5.74) is 11.3. The lowest BCUT2D eigenvalue weighted by Gasteiger charge is -2.06. The lowest BCUT2D eigenvalue weighted by Crippen LogP contribution is -2.24. The Labute approximate surface area is 198 Å². The molecular formula is C25H21F2N7O. The number of nitrogens with zero attached hydrogens (tertiary/aromatic N) is 4. The second kappa shape index (κ2) is 8.98. The lowest BCUT2D eigenvalue weighted by atomic mass is 10.1. The van der Waals surface area contributed by atoms with Crippen molar-refractivity contribution in [3.8, 4) is 22.5 Å². The SMILES string of the molecule is Cn1cc(-c2cnc(N)c(-c3nc4cc(CC(=O)NCc5ccc(F)c(F)c5)ccc4[nH]3)c2)cn1. The van der Waals surface area contributed by atoms with Gasteiger partial charge >= 0.3 is 0 Å². The molecular weight excluding hydrogens is 452 g/mol. The highest BCUT2D eigenvalue weighted by molar-refractivity contribution is 5.85. The number of hydrogen-bond acceptors (Lipinski definition) is 5. The second-order valence-corrected chi connectivity index (χ2v) is 8.20. The van der Waals surface area contributed by atoms with E-state index in [2.05, 4.69) is 25.4 Å². The summed E-state index contributed by atoms with van der Waals surface area (Å²) in [6.07, 6.45) is 5.44. The van der Waals surface area contributed by atoms with Crippen molar-refractivity contribution in [2.75, 3.05) is 5.73 Å². The molecule has 0 bridgehead atoms. The molecule has 2 aromatic carbocycles. The summed E-state index contributed by atoms with van der Waals surface area (Å²) < 4.78 is 28.1. The van der Waals surface area contributed by atoms with Crippen LogP contribution in [0.1, 0.15) is 11.1 Å². The Hall–Kier alpha value is -4.60. The molecule has 176 valence electrons. The number of carbonyl (C=O) groups excluding carboxylic acids is 1. The summed E-state index contributed by atoms with van der Waals surface area (Å²) in [6, 6.07) is 10.9. The minimum atomic E-state index is -0.946. The van der Waals surface area contributed by atoms with Gasteiger partial charge in [-0.15, -0.1) is 0 Å². The van der Waals surface area contributed by atoms with Crippen LogP contribution < -0.4 is 11.1 Å². The van der Waals surface area contributed by atoms with Crippen LogP contribution in [0.5, 0.6) is 0 Å². The van der Waals surface area contributed by atoms with Gasteiger partial charge in [0.1, 0.15) is 11.6 Å². The number of halogens is 2.